The first kappa shape index (κ1) is 21.8. The number of hydrogen-bond acceptors (Lipinski definition) is 0. The second-order valence-electron chi connectivity index (χ2n) is 6.88. The van der Waals surface area contributed by atoms with E-state index in [4.69, 9.17) is 0 Å². The lowest BCUT2D eigenvalue weighted by molar-refractivity contribution is -0.905. The Balaban J connectivity index is 0.000000403. The quantitative estimate of drug-likeness (QED) is 0.486. The minimum absolute atomic E-state index is 0. The van der Waals surface area contributed by atoms with E-state index in [1.807, 2.05) is 24.3 Å². The molecule has 0 spiro atoms. The molecule has 0 radical (unpaired) electrons. The van der Waals surface area contributed by atoms with Crippen LogP contribution in [0.1, 0.15) is 25.7 Å². The SMILES string of the molecule is C=CC[N+]1(CC=C)CCCC1.C=CC[N+]1(CC=C)CCCC1.O. The van der Waals surface area contributed by atoms with Crippen LogP contribution >= 0.6 is 0 Å². The Morgan fingerprint density at radius 1 is 0.522 bits per heavy atom. The third-order valence-corrected chi connectivity index (χ3v) is 5.10. The van der Waals surface area contributed by atoms with Crippen molar-refractivity contribution >= 4 is 0 Å². The summed E-state index contributed by atoms with van der Waals surface area (Å²) in [4.78, 5) is 0. The fraction of sp³-hybridized carbons (Fsp3) is 0.600. The standard InChI is InChI=1S/2C10H18N.H2O/c2*1-3-7-11(8-4-2)9-5-6-10-11;/h2*3-4H,1-2,5-10H2;1H2/q2*+1;. The normalized spacial score (nSPS) is 20.5. The summed E-state index contributed by atoms with van der Waals surface area (Å²) in [5, 5.41) is 0. The molecule has 0 aromatic heterocycles. The van der Waals surface area contributed by atoms with Crippen LogP contribution in [0.2, 0.25) is 0 Å². The Morgan fingerprint density at radius 2 is 0.739 bits per heavy atom. The highest BCUT2D eigenvalue weighted by Crippen LogP contribution is 2.19. The average Bonchev–Trinajstić information content (AvgIpc) is 3.12. The summed E-state index contributed by atoms with van der Waals surface area (Å²) in [6.07, 6.45) is 13.7. The monoisotopic (exact) mass is 322 g/mol. The second-order valence-corrected chi connectivity index (χ2v) is 6.88. The molecule has 0 aliphatic carbocycles. The Labute approximate surface area is 143 Å². The lowest BCUT2D eigenvalue weighted by Gasteiger charge is -2.31. The Hall–Kier alpha value is -1.16. The van der Waals surface area contributed by atoms with Gasteiger partial charge in [-0.05, 0) is 24.3 Å². The average molecular weight is 323 g/mol. The first-order chi connectivity index (χ1) is 10.7. The van der Waals surface area contributed by atoms with E-state index in [1.54, 1.807) is 0 Å². The molecule has 2 rings (SSSR count). The van der Waals surface area contributed by atoms with E-state index >= 15 is 0 Å². The van der Waals surface area contributed by atoms with Crippen molar-refractivity contribution < 1.29 is 14.4 Å². The van der Waals surface area contributed by atoms with Gasteiger partial charge >= 0.3 is 0 Å². The zero-order valence-electron chi connectivity index (χ0n) is 15.0. The molecule has 0 bridgehead atoms. The molecular weight excluding hydrogens is 284 g/mol. The predicted octanol–water partition coefficient (Wildman–Crippen LogP) is 3.11. The third-order valence-electron chi connectivity index (χ3n) is 5.10. The highest BCUT2D eigenvalue weighted by Gasteiger charge is 2.29. The summed E-state index contributed by atoms with van der Waals surface area (Å²) in [7, 11) is 0. The van der Waals surface area contributed by atoms with Gasteiger partial charge in [0.2, 0.25) is 0 Å². The van der Waals surface area contributed by atoms with Crippen molar-refractivity contribution in [2.45, 2.75) is 25.7 Å². The van der Waals surface area contributed by atoms with Crippen LogP contribution in [0.25, 0.3) is 0 Å². The zero-order chi connectivity index (χ0) is 16.3. The largest absolute Gasteiger partial charge is 0.412 e. The minimum Gasteiger partial charge on any atom is -0.412 e. The number of quaternary nitrogens is 2. The van der Waals surface area contributed by atoms with Gasteiger partial charge < -0.3 is 14.4 Å². The fourth-order valence-corrected chi connectivity index (χ4v) is 3.99. The number of nitrogens with zero attached hydrogens (tertiary/aromatic N) is 2. The highest BCUT2D eigenvalue weighted by atomic mass is 16.0. The van der Waals surface area contributed by atoms with Gasteiger partial charge in [0, 0.05) is 25.7 Å². The summed E-state index contributed by atoms with van der Waals surface area (Å²) < 4.78 is 2.40. The molecule has 2 fully saturated rings. The van der Waals surface area contributed by atoms with Crippen LogP contribution < -0.4 is 0 Å². The highest BCUT2D eigenvalue weighted by molar-refractivity contribution is 4.75. The summed E-state index contributed by atoms with van der Waals surface area (Å²) in [6.45, 7) is 24.9. The molecule has 0 aromatic rings. The minimum atomic E-state index is 0. The molecule has 0 unspecified atom stereocenters. The topological polar surface area (TPSA) is 31.5 Å². The van der Waals surface area contributed by atoms with Gasteiger partial charge in [-0.15, -0.1) is 0 Å². The summed E-state index contributed by atoms with van der Waals surface area (Å²) in [5.74, 6) is 0. The zero-order valence-corrected chi connectivity index (χ0v) is 15.0. The molecule has 2 heterocycles. The van der Waals surface area contributed by atoms with Gasteiger partial charge in [-0.1, -0.05) is 26.3 Å². The molecule has 0 amide bonds. The van der Waals surface area contributed by atoms with Gasteiger partial charge in [-0.3, -0.25) is 0 Å². The fourth-order valence-electron chi connectivity index (χ4n) is 3.99. The van der Waals surface area contributed by atoms with Crippen molar-refractivity contribution in [3.05, 3.63) is 50.6 Å². The van der Waals surface area contributed by atoms with Crippen molar-refractivity contribution in [3.63, 3.8) is 0 Å². The molecule has 23 heavy (non-hydrogen) atoms. The lowest BCUT2D eigenvalue weighted by atomic mass is 10.3. The van der Waals surface area contributed by atoms with E-state index in [9.17, 15) is 0 Å². The Kier molecular flexibility index (Phi) is 10.8. The van der Waals surface area contributed by atoms with Crippen LogP contribution in [0.3, 0.4) is 0 Å². The van der Waals surface area contributed by atoms with Gasteiger partial charge in [0.15, 0.2) is 0 Å². The smallest absolute Gasteiger partial charge is 0.0973 e. The Bertz CT molecular complexity index is 304. The van der Waals surface area contributed by atoms with Crippen LogP contribution in [0.5, 0.6) is 0 Å². The number of likely N-dealkylation sites (tertiary alicyclic amines) is 2. The number of hydrogen-bond donors (Lipinski definition) is 0. The molecule has 0 aromatic carbocycles. The first-order valence-corrected chi connectivity index (χ1v) is 8.80. The molecule has 2 saturated heterocycles. The van der Waals surface area contributed by atoms with Crippen LogP contribution in [0.15, 0.2) is 50.6 Å². The molecule has 132 valence electrons. The van der Waals surface area contributed by atoms with Crippen molar-refractivity contribution in [2.75, 3.05) is 52.4 Å². The maximum atomic E-state index is 3.80. The van der Waals surface area contributed by atoms with Crippen molar-refractivity contribution in [1.82, 2.24) is 0 Å². The van der Waals surface area contributed by atoms with Crippen molar-refractivity contribution in [3.8, 4) is 0 Å². The Morgan fingerprint density at radius 3 is 0.913 bits per heavy atom. The van der Waals surface area contributed by atoms with Gasteiger partial charge in [0.05, 0.1) is 52.4 Å². The molecular formula is C20H38N2O+2. The van der Waals surface area contributed by atoms with E-state index in [1.165, 1.54) is 60.8 Å². The maximum Gasteiger partial charge on any atom is 0.0973 e. The molecule has 3 nitrogen and oxygen atoms in total. The van der Waals surface area contributed by atoms with Crippen LogP contribution in [-0.4, -0.2) is 66.8 Å². The maximum absolute atomic E-state index is 3.80. The summed E-state index contributed by atoms with van der Waals surface area (Å²) >= 11 is 0. The van der Waals surface area contributed by atoms with Gasteiger partial charge in [0.1, 0.15) is 0 Å². The predicted molar refractivity (Wildman–Crippen MR) is 102 cm³/mol. The molecule has 0 saturated carbocycles. The summed E-state index contributed by atoms with van der Waals surface area (Å²) in [5.41, 5.74) is 0. The van der Waals surface area contributed by atoms with Crippen LogP contribution in [0, 0.1) is 0 Å². The van der Waals surface area contributed by atoms with E-state index < -0.39 is 0 Å². The van der Waals surface area contributed by atoms with Gasteiger partial charge in [0.25, 0.3) is 0 Å². The molecule has 2 aliphatic rings. The second kappa shape index (κ2) is 11.4. The van der Waals surface area contributed by atoms with E-state index in [2.05, 4.69) is 26.3 Å². The lowest BCUT2D eigenvalue weighted by Crippen LogP contribution is -2.45. The van der Waals surface area contributed by atoms with Gasteiger partial charge in [-0.2, -0.15) is 0 Å². The van der Waals surface area contributed by atoms with Crippen molar-refractivity contribution in [2.24, 2.45) is 0 Å². The van der Waals surface area contributed by atoms with E-state index in [0.29, 0.717) is 0 Å². The van der Waals surface area contributed by atoms with E-state index in [-0.39, 0.29) is 5.48 Å². The first-order valence-electron chi connectivity index (χ1n) is 8.80. The molecule has 2 N–H and O–H groups in total. The van der Waals surface area contributed by atoms with Crippen LogP contribution in [-0.2, 0) is 0 Å². The third kappa shape index (κ3) is 6.86. The van der Waals surface area contributed by atoms with Gasteiger partial charge in [-0.25, -0.2) is 0 Å². The molecule has 2 aliphatic heterocycles. The van der Waals surface area contributed by atoms with Crippen LogP contribution in [0.4, 0.5) is 0 Å². The summed E-state index contributed by atoms with van der Waals surface area (Å²) in [6, 6.07) is 0. The van der Waals surface area contributed by atoms with Crippen molar-refractivity contribution in [1.29, 1.82) is 0 Å². The number of rotatable bonds is 8. The van der Waals surface area contributed by atoms with E-state index in [0.717, 1.165) is 26.2 Å². The molecule has 0 atom stereocenters. The molecule has 3 heteroatoms.